The number of fused-ring (bicyclic) bond motifs is 1. The normalized spacial score (nSPS) is 14.4. The van der Waals surface area contributed by atoms with Crippen molar-refractivity contribution in [1.82, 2.24) is 25.3 Å². The van der Waals surface area contributed by atoms with Gasteiger partial charge in [-0.2, -0.15) is 5.10 Å². The summed E-state index contributed by atoms with van der Waals surface area (Å²) in [6, 6.07) is 10.7. The van der Waals surface area contributed by atoms with Crippen LogP contribution in [0.5, 0.6) is 0 Å². The zero-order valence-corrected chi connectivity index (χ0v) is 17.7. The Labute approximate surface area is 173 Å². The summed E-state index contributed by atoms with van der Waals surface area (Å²) in [5.41, 5.74) is 2.97. The molecule has 1 aliphatic rings. The molecule has 2 N–H and O–H groups in total. The second kappa shape index (κ2) is 11.2. The molecule has 3 rings (SSSR count). The molecular weight excluding hydrogens is 439 g/mol. The maximum atomic E-state index is 4.29. The molecule has 0 unspecified atom stereocenters. The largest absolute Gasteiger partial charge is 0.356 e. The number of aliphatic imine (C=N–C) groups is 1. The van der Waals surface area contributed by atoms with Gasteiger partial charge in [-0.15, -0.1) is 24.0 Å². The van der Waals surface area contributed by atoms with E-state index >= 15 is 0 Å². The predicted octanol–water partition coefficient (Wildman–Crippen LogP) is 2.11. The molecule has 0 atom stereocenters. The van der Waals surface area contributed by atoms with E-state index in [0.29, 0.717) is 0 Å². The summed E-state index contributed by atoms with van der Waals surface area (Å²) in [7, 11) is 1.82. The van der Waals surface area contributed by atoms with Gasteiger partial charge in [0.1, 0.15) is 0 Å². The number of aromatic nitrogens is 2. The van der Waals surface area contributed by atoms with Crippen molar-refractivity contribution in [3.8, 4) is 0 Å². The molecule has 0 saturated carbocycles. The first kappa shape index (κ1) is 20.7. The van der Waals surface area contributed by atoms with E-state index < -0.39 is 0 Å². The minimum atomic E-state index is 0. The van der Waals surface area contributed by atoms with Gasteiger partial charge in [-0.05, 0) is 30.0 Å². The average molecular weight is 468 g/mol. The van der Waals surface area contributed by atoms with Crippen LogP contribution in [0.4, 0.5) is 0 Å². The van der Waals surface area contributed by atoms with Crippen LogP contribution >= 0.6 is 24.0 Å². The summed E-state index contributed by atoms with van der Waals surface area (Å²) in [5, 5.41) is 11.0. The first-order valence-electron chi connectivity index (χ1n) is 9.06. The number of rotatable bonds is 7. The number of nitrogens with one attached hydrogen (secondary N) is 2. The Bertz CT molecular complexity index is 670. The van der Waals surface area contributed by atoms with E-state index in [9.17, 15) is 0 Å². The van der Waals surface area contributed by atoms with Crippen LogP contribution in [0.3, 0.4) is 0 Å². The molecule has 6 nitrogen and oxygen atoms in total. The standard InChI is InChI=1S/C19H28N6.HI/c1-20-19(21-9-4-12-25-13-5-10-23-25)22-11-15-24-14-8-17-6-2-3-7-18(17)16-24;/h2-3,5-7,10,13H,4,8-9,11-12,14-16H2,1H3,(H2,20,21,22);1H. The number of guanidine groups is 1. The van der Waals surface area contributed by atoms with E-state index in [1.165, 1.54) is 11.1 Å². The topological polar surface area (TPSA) is 57.5 Å². The van der Waals surface area contributed by atoms with Crippen molar-refractivity contribution in [2.45, 2.75) is 25.9 Å². The van der Waals surface area contributed by atoms with Gasteiger partial charge < -0.3 is 10.6 Å². The molecule has 0 saturated heterocycles. The Morgan fingerprint density at radius 3 is 2.69 bits per heavy atom. The molecule has 1 aromatic carbocycles. The number of benzene rings is 1. The third-order valence-electron chi connectivity index (χ3n) is 4.57. The van der Waals surface area contributed by atoms with Gasteiger partial charge in [0.15, 0.2) is 5.96 Å². The maximum Gasteiger partial charge on any atom is 0.191 e. The Balaban J connectivity index is 0.00000243. The van der Waals surface area contributed by atoms with Crippen molar-refractivity contribution in [3.63, 3.8) is 0 Å². The summed E-state index contributed by atoms with van der Waals surface area (Å²) in [5.74, 6) is 0.873. The summed E-state index contributed by atoms with van der Waals surface area (Å²) in [6.07, 6.45) is 5.97. The lowest BCUT2D eigenvalue weighted by Crippen LogP contribution is -2.43. The maximum absolute atomic E-state index is 4.29. The number of hydrogen-bond acceptors (Lipinski definition) is 3. The summed E-state index contributed by atoms with van der Waals surface area (Å²) < 4.78 is 1.95. The smallest absolute Gasteiger partial charge is 0.191 e. The predicted molar refractivity (Wildman–Crippen MR) is 117 cm³/mol. The first-order valence-corrected chi connectivity index (χ1v) is 9.06. The fraction of sp³-hybridized carbons (Fsp3) is 0.474. The second-order valence-electron chi connectivity index (χ2n) is 6.34. The molecule has 7 heteroatoms. The number of halogens is 1. The van der Waals surface area contributed by atoms with Crippen molar-refractivity contribution in [2.75, 3.05) is 33.2 Å². The van der Waals surface area contributed by atoms with E-state index in [4.69, 9.17) is 0 Å². The molecule has 142 valence electrons. The van der Waals surface area contributed by atoms with Crippen molar-refractivity contribution >= 4 is 29.9 Å². The zero-order valence-electron chi connectivity index (χ0n) is 15.4. The van der Waals surface area contributed by atoms with Gasteiger partial charge in [0, 0.05) is 58.7 Å². The molecule has 2 heterocycles. The van der Waals surface area contributed by atoms with Crippen LogP contribution in [0.1, 0.15) is 17.5 Å². The SMILES string of the molecule is CN=C(NCCCn1cccn1)NCCN1CCc2ccccc2C1.I. The first-order chi connectivity index (χ1) is 12.3. The van der Waals surface area contributed by atoms with Crippen molar-refractivity contribution < 1.29 is 0 Å². The highest BCUT2D eigenvalue weighted by Gasteiger charge is 2.14. The summed E-state index contributed by atoms with van der Waals surface area (Å²) in [6.45, 7) is 5.92. The van der Waals surface area contributed by atoms with Gasteiger partial charge in [-0.3, -0.25) is 14.6 Å². The van der Waals surface area contributed by atoms with E-state index in [-0.39, 0.29) is 24.0 Å². The third kappa shape index (κ3) is 6.28. The number of nitrogens with zero attached hydrogens (tertiary/aromatic N) is 4. The molecule has 0 spiro atoms. The minimum Gasteiger partial charge on any atom is -0.356 e. The Hall–Kier alpha value is -1.61. The molecule has 0 bridgehead atoms. The molecule has 0 amide bonds. The molecule has 1 aliphatic heterocycles. The van der Waals surface area contributed by atoms with E-state index in [0.717, 1.165) is 58.1 Å². The van der Waals surface area contributed by atoms with Crippen molar-refractivity contribution in [3.05, 3.63) is 53.9 Å². The van der Waals surface area contributed by atoms with Crippen molar-refractivity contribution in [1.29, 1.82) is 0 Å². The molecule has 26 heavy (non-hydrogen) atoms. The fourth-order valence-corrected chi connectivity index (χ4v) is 3.18. The van der Waals surface area contributed by atoms with Crippen LogP contribution in [0.15, 0.2) is 47.7 Å². The van der Waals surface area contributed by atoms with Crippen LogP contribution < -0.4 is 10.6 Å². The average Bonchev–Trinajstić information content (AvgIpc) is 3.17. The minimum absolute atomic E-state index is 0. The van der Waals surface area contributed by atoms with Crippen LogP contribution in [-0.4, -0.2) is 53.9 Å². The highest BCUT2D eigenvalue weighted by Crippen LogP contribution is 2.17. The lowest BCUT2D eigenvalue weighted by molar-refractivity contribution is 0.258. The van der Waals surface area contributed by atoms with Gasteiger partial charge in [0.25, 0.3) is 0 Å². The lowest BCUT2D eigenvalue weighted by atomic mass is 10.00. The van der Waals surface area contributed by atoms with Gasteiger partial charge in [-0.1, -0.05) is 24.3 Å². The quantitative estimate of drug-likeness (QED) is 0.283. The van der Waals surface area contributed by atoms with Gasteiger partial charge in [-0.25, -0.2) is 0 Å². The van der Waals surface area contributed by atoms with Gasteiger partial charge in [0.05, 0.1) is 0 Å². The fourth-order valence-electron chi connectivity index (χ4n) is 3.18. The second-order valence-corrected chi connectivity index (χ2v) is 6.34. The Kier molecular flexibility index (Phi) is 8.90. The van der Waals surface area contributed by atoms with Crippen LogP contribution in [-0.2, 0) is 19.5 Å². The molecule has 0 radical (unpaired) electrons. The van der Waals surface area contributed by atoms with E-state index in [2.05, 4.69) is 49.9 Å². The molecule has 0 fully saturated rings. The van der Waals surface area contributed by atoms with E-state index in [1.54, 1.807) is 0 Å². The Morgan fingerprint density at radius 2 is 1.92 bits per heavy atom. The molecular formula is C19H29IN6. The highest BCUT2D eigenvalue weighted by molar-refractivity contribution is 14.0. The van der Waals surface area contributed by atoms with Crippen LogP contribution in [0.25, 0.3) is 0 Å². The number of hydrogen-bond donors (Lipinski definition) is 2. The Morgan fingerprint density at radius 1 is 1.12 bits per heavy atom. The zero-order chi connectivity index (χ0) is 17.3. The molecule has 1 aromatic heterocycles. The number of aryl methyl sites for hydroxylation is 1. The van der Waals surface area contributed by atoms with Crippen molar-refractivity contribution in [2.24, 2.45) is 4.99 Å². The van der Waals surface area contributed by atoms with E-state index in [1.807, 2.05) is 30.2 Å². The van der Waals surface area contributed by atoms with Gasteiger partial charge >= 0.3 is 0 Å². The van der Waals surface area contributed by atoms with Crippen LogP contribution in [0, 0.1) is 0 Å². The summed E-state index contributed by atoms with van der Waals surface area (Å²) in [4.78, 5) is 6.80. The molecule has 2 aromatic rings. The monoisotopic (exact) mass is 468 g/mol. The lowest BCUT2D eigenvalue weighted by Gasteiger charge is -2.28. The highest BCUT2D eigenvalue weighted by atomic mass is 127. The molecule has 0 aliphatic carbocycles. The third-order valence-corrected chi connectivity index (χ3v) is 4.57. The van der Waals surface area contributed by atoms with Gasteiger partial charge in [0.2, 0.25) is 0 Å². The van der Waals surface area contributed by atoms with Crippen LogP contribution in [0.2, 0.25) is 0 Å². The summed E-state index contributed by atoms with van der Waals surface area (Å²) >= 11 is 0.